The quantitative estimate of drug-likeness (QED) is 0.480. The van der Waals surface area contributed by atoms with Gasteiger partial charge in [0, 0.05) is 11.7 Å². The largest absolute Gasteiger partial charge is 0.469 e. The average molecular weight is 405 g/mol. The van der Waals surface area contributed by atoms with Crippen LogP contribution in [-0.2, 0) is 23.6 Å². The van der Waals surface area contributed by atoms with Crippen molar-refractivity contribution in [2.45, 2.75) is 18.9 Å². The van der Waals surface area contributed by atoms with Gasteiger partial charge in [0.1, 0.15) is 11.8 Å². The molecule has 0 amide bonds. The molecule has 1 N–H and O–H groups in total. The number of para-hydroxylation sites is 1. The highest BCUT2D eigenvalue weighted by Gasteiger charge is 2.30. The molecule has 0 radical (unpaired) electrons. The summed E-state index contributed by atoms with van der Waals surface area (Å²) in [5, 5.41) is 3.46. The van der Waals surface area contributed by atoms with E-state index < -0.39 is 25.3 Å². The van der Waals surface area contributed by atoms with Gasteiger partial charge in [0.05, 0.1) is 20.5 Å². The lowest BCUT2D eigenvalue weighted by atomic mass is 10.1. The van der Waals surface area contributed by atoms with Crippen LogP contribution in [0.15, 0.2) is 60.7 Å². The number of methoxy groups -OCH3 is 2. The third-order valence-corrected chi connectivity index (χ3v) is 6.23. The van der Waals surface area contributed by atoms with Crippen molar-refractivity contribution < 1.29 is 28.2 Å². The molecule has 0 aliphatic carbocycles. The van der Waals surface area contributed by atoms with E-state index in [-0.39, 0.29) is 19.1 Å². The lowest BCUT2D eigenvalue weighted by molar-refractivity contribution is -0.144. The molecule has 0 saturated heterocycles. The van der Waals surface area contributed by atoms with Crippen molar-refractivity contribution in [2.75, 3.05) is 20.5 Å². The molecule has 0 spiro atoms. The minimum Gasteiger partial charge on any atom is -0.469 e. The zero-order valence-electron chi connectivity index (χ0n) is 15.9. The summed E-state index contributed by atoms with van der Waals surface area (Å²) in [6.45, 7) is 0. The molecule has 2 rings (SSSR count). The van der Waals surface area contributed by atoms with Gasteiger partial charge in [-0.2, -0.15) is 0 Å². The molecule has 150 valence electrons. The Hall–Kier alpha value is -2.63. The van der Waals surface area contributed by atoms with E-state index in [0.29, 0.717) is 11.1 Å². The molecule has 2 aromatic carbocycles. The molecule has 1 unspecified atom stereocenters. The molecule has 8 heteroatoms. The van der Waals surface area contributed by atoms with Gasteiger partial charge in [0.2, 0.25) is 0 Å². The Morgan fingerprint density at radius 2 is 1.57 bits per heavy atom. The molecule has 0 heterocycles. The van der Waals surface area contributed by atoms with Crippen molar-refractivity contribution in [1.29, 1.82) is 0 Å². The van der Waals surface area contributed by atoms with Crippen LogP contribution in [-0.4, -0.2) is 38.5 Å². The first-order valence-electron chi connectivity index (χ1n) is 8.76. The van der Waals surface area contributed by atoms with E-state index in [2.05, 4.69) is 10.1 Å². The van der Waals surface area contributed by atoms with Crippen molar-refractivity contribution in [2.24, 2.45) is 0 Å². The van der Waals surface area contributed by atoms with Crippen LogP contribution in [0.5, 0.6) is 5.75 Å². The first-order chi connectivity index (χ1) is 13.5. The van der Waals surface area contributed by atoms with Gasteiger partial charge in [-0.3, -0.25) is 19.5 Å². The molecular formula is C20H24NO6P. The van der Waals surface area contributed by atoms with E-state index in [1.54, 1.807) is 48.5 Å². The highest BCUT2D eigenvalue weighted by Crippen LogP contribution is 2.45. The molecule has 0 fully saturated rings. The summed E-state index contributed by atoms with van der Waals surface area (Å²) in [5.74, 6) is -0.536. The number of carbonyl (C=O) groups is 2. The predicted octanol–water partition coefficient (Wildman–Crippen LogP) is 2.71. The number of hydrogen-bond acceptors (Lipinski definition) is 7. The Morgan fingerprint density at radius 3 is 2.14 bits per heavy atom. The van der Waals surface area contributed by atoms with Crippen LogP contribution in [0.2, 0.25) is 0 Å². The van der Waals surface area contributed by atoms with Gasteiger partial charge in [0.15, 0.2) is 0 Å². The third kappa shape index (κ3) is 6.22. The highest BCUT2D eigenvalue weighted by atomic mass is 31.2. The van der Waals surface area contributed by atoms with Crippen molar-refractivity contribution in [1.82, 2.24) is 5.32 Å². The number of benzene rings is 2. The molecule has 7 nitrogen and oxygen atoms in total. The zero-order valence-corrected chi connectivity index (χ0v) is 16.8. The Bertz CT molecular complexity index is 812. The third-order valence-electron chi connectivity index (χ3n) is 4.04. The van der Waals surface area contributed by atoms with Crippen LogP contribution in [0.25, 0.3) is 0 Å². The summed E-state index contributed by atoms with van der Waals surface area (Å²) in [6, 6.07) is 16.8. The molecule has 0 aliphatic heterocycles. The van der Waals surface area contributed by atoms with Crippen LogP contribution in [0.1, 0.15) is 12.8 Å². The molecule has 28 heavy (non-hydrogen) atoms. The summed E-state index contributed by atoms with van der Waals surface area (Å²) in [5.41, 5.74) is 0. The van der Waals surface area contributed by atoms with Crippen LogP contribution in [0, 0.1) is 0 Å². The maximum Gasteiger partial charge on any atom is 0.322 e. The molecule has 0 saturated carbocycles. The lowest BCUT2D eigenvalue weighted by Crippen LogP contribution is -2.40. The van der Waals surface area contributed by atoms with Gasteiger partial charge in [-0.05, 0) is 30.7 Å². The zero-order chi connectivity index (χ0) is 20.4. The van der Waals surface area contributed by atoms with Crippen LogP contribution >= 0.6 is 7.37 Å². The van der Waals surface area contributed by atoms with E-state index in [0.717, 1.165) is 0 Å². The maximum absolute atomic E-state index is 13.7. The first kappa shape index (κ1) is 21.7. The standard InChI is InChI=1S/C20H24NO6P/c1-25-19(22)14-13-18(20(23)26-2)21-15-28(24,17-11-7-4-8-12-17)27-16-9-5-3-6-10-16/h3-12,18,21H,13-15H2,1-2H3/t18-,28?/m0/s1. The molecule has 0 bridgehead atoms. The highest BCUT2D eigenvalue weighted by molar-refractivity contribution is 7.67. The van der Waals surface area contributed by atoms with Gasteiger partial charge < -0.3 is 14.0 Å². The fourth-order valence-electron chi connectivity index (χ4n) is 2.52. The van der Waals surface area contributed by atoms with E-state index in [1.807, 2.05) is 12.1 Å². The minimum atomic E-state index is -3.39. The van der Waals surface area contributed by atoms with Crippen molar-refractivity contribution >= 4 is 24.6 Å². The summed E-state index contributed by atoms with van der Waals surface area (Å²) >= 11 is 0. The second-order valence-corrected chi connectivity index (χ2v) is 8.33. The summed E-state index contributed by atoms with van der Waals surface area (Å²) in [7, 11) is -0.853. The second-order valence-electron chi connectivity index (χ2n) is 5.97. The molecule has 2 aromatic rings. The molecule has 2 atom stereocenters. The Labute approximate surface area is 164 Å². The SMILES string of the molecule is COC(=O)CC[C@H](NCP(=O)(Oc1ccccc1)c1ccccc1)C(=O)OC. The first-order valence-corrected chi connectivity index (χ1v) is 10.6. The van der Waals surface area contributed by atoms with Gasteiger partial charge >= 0.3 is 11.9 Å². The fourth-order valence-corrected chi connectivity index (χ4v) is 4.43. The monoisotopic (exact) mass is 405 g/mol. The van der Waals surface area contributed by atoms with Crippen LogP contribution in [0.3, 0.4) is 0 Å². The van der Waals surface area contributed by atoms with E-state index >= 15 is 0 Å². The molecule has 0 aromatic heterocycles. The maximum atomic E-state index is 13.7. The number of rotatable bonds is 10. The topological polar surface area (TPSA) is 90.9 Å². The number of hydrogen-bond donors (Lipinski definition) is 1. The van der Waals surface area contributed by atoms with Crippen molar-refractivity contribution in [3.63, 3.8) is 0 Å². The summed E-state index contributed by atoms with van der Waals surface area (Å²) < 4.78 is 28.9. The van der Waals surface area contributed by atoms with Gasteiger partial charge in [0.25, 0.3) is 7.37 Å². The van der Waals surface area contributed by atoms with Gasteiger partial charge in [-0.25, -0.2) is 0 Å². The van der Waals surface area contributed by atoms with Crippen molar-refractivity contribution in [3.05, 3.63) is 60.7 Å². The summed E-state index contributed by atoms with van der Waals surface area (Å²) in [4.78, 5) is 23.5. The molecule has 0 aliphatic rings. The van der Waals surface area contributed by atoms with Crippen LogP contribution < -0.4 is 15.1 Å². The summed E-state index contributed by atoms with van der Waals surface area (Å²) in [6.07, 6.45) is 0.0742. The van der Waals surface area contributed by atoms with Crippen LogP contribution in [0.4, 0.5) is 0 Å². The van der Waals surface area contributed by atoms with Gasteiger partial charge in [-0.15, -0.1) is 0 Å². The normalized spacial score (nSPS) is 13.8. The Morgan fingerprint density at radius 1 is 0.964 bits per heavy atom. The van der Waals surface area contributed by atoms with E-state index in [9.17, 15) is 14.2 Å². The Kier molecular flexibility index (Phi) is 8.23. The smallest absolute Gasteiger partial charge is 0.322 e. The number of ether oxygens (including phenoxy) is 2. The fraction of sp³-hybridized carbons (Fsp3) is 0.300. The molecular weight excluding hydrogens is 381 g/mol. The van der Waals surface area contributed by atoms with Crippen molar-refractivity contribution in [3.8, 4) is 5.75 Å². The predicted molar refractivity (Wildman–Crippen MR) is 106 cm³/mol. The Balaban J connectivity index is 2.19. The number of carbonyl (C=O) groups excluding carboxylic acids is 2. The lowest BCUT2D eigenvalue weighted by Gasteiger charge is -2.23. The average Bonchev–Trinajstić information content (AvgIpc) is 2.74. The van der Waals surface area contributed by atoms with E-state index in [1.165, 1.54) is 14.2 Å². The minimum absolute atomic E-state index is 0.0262. The number of nitrogens with one attached hydrogen (secondary N) is 1. The second kappa shape index (κ2) is 10.6. The number of esters is 2. The van der Waals surface area contributed by atoms with Gasteiger partial charge in [-0.1, -0.05) is 36.4 Å². The van der Waals surface area contributed by atoms with E-state index in [4.69, 9.17) is 9.26 Å².